The van der Waals surface area contributed by atoms with Gasteiger partial charge in [0.2, 0.25) is 5.91 Å². The molecule has 1 atom stereocenters. The minimum Gasteiger partial charge on any atom is -0.377 e. The first-order valence-corrected chi connectivity index (χ1v) is 9.08. The second-order valence-corrected chi connectivity index (χ2v) is 7.84. The van der Waals surface area contributed by atoms with Gasteiger partial charge in [0, 0.05) is 19.6 Å². The summed E-state index contributed by atoms with van der Waals surface area (Å²) in [7, 11) is -3.24. The van der Waals surface area contributed by atoms with E-state index in [1.54, 1.807) is 4.90 Å². The zero-order chi connectivity index (χ0) is 14.6. The van der Waals surface area contributed by atoms with E-state index in [9.17, 15) is 13.2 Å². The van der Waals surface area contributed by atoms with Gasteiger partial charge >= 0.3 is 0 Å². The molecule has 2 saturated heterocycles. The number of piperidine rings is 1. The van der Waals surface area contributed by atoms with E-state index in [4.69, 9.17) is 10.5 Å². The Morgan fingerprint density at radius 2 is 1.90 bits per heavy atom. The van der Waals surface area contributed by atoms with Gasteiger partial charge in [0.1, 0.15) is 5.25 Å². The van der Waals surface area contributed by atoms with E-state index in [-0.39, 0.29) is 17.8 Å². The molecule has 2 heterocycles. The number of rotatable bonds is 4. The summed E-state index contributed by atoms with van der Waals surface area (Å²) in [5.74, 6) is -0.0542. The van der Waals surface area contributed by atoms with Gasteiger partial charge in [-0.3, -0.25) is 4.79 Å². The lowest BCUT2D eigenvalue weighted by atomic mass is 10.1. The summed E-state index contributed by atoms with van der Waals surface area (Å²) in [6.45, 7) is 2.20. The fourth-order valence-electron chi connectivity index (χ4n) is 2.91. The normalized spacial score (nSPS) is 27.4. The average Bonchev–Trinajstić information content (AvgIpc) is 2.44. The van der Waals surface area contributed by atoms with E-state index in [1.165, 1.54) is 0 Å². The summed E-state index contributed by atoms with van der Waals surface area (Å²) >= 11 is 0. The summed E-state index contributed by atoms with van der Waals surface area (Å²) in [6, 6.07) is 0. The van der Waals surface area contributed by atoms with Crippen molar-refractivity contribution in [2.45, 2.75) is 43.5 Å². The molecule has 20 heavy (non-hydrogen) atoms. The van der Waals surface area contributed by atoms with Crippen LogP contribution in [0, 0.1) is 0 Å². The van der Waals surface area contributed by atoms with Crippen molar-refractivity contribution in [3.8, 4) is 0 Å². The third-order valence-corrected chi connectivity index (χ3v) is 6.24. The predicted octanol–water partition coefficient (Wildman–Crippen LogP) is -0.0800. The number of carbonyl (C=O) groups excluding carboxylic acids is 1. The average molecular weight is 304 g/mol. The smallest absolute Gasteiger partial charge is 0.240 e. The lowest BCUT2D eigenvalue weighted by Gasteiger charge is -2.34. The number of sulfone groups is 1. The first-order chi connectivity index (χ1) is 9.54. The molecule has 0 radical (unpaired) electrons. The number of hydrogen-bond acceptors (Lipinski definition) is 5. The lowest BCUT2D eigenvalue weighted by Crippen LogP contribution is -2.49. The van der Waals surface area contributed by atoms with Crippen LogP contribution in [0.3, 0.4) is 0 Å². The van der Waals surface area contributed by atoms with Crippen LogP contribution < -0.4 is 5.73 Å². The summed E-state index contributed by atoms with van der Waals surface area (Å²) in [6.07, 6.45) is 3.65. The molecule has 2 aliphatic rings. The number of ether oxygens (including phenoxy) is 1. The standard InChI is InChI=1S/C13H24N2O4S/c14-6-9-19-11-4-7-15(8-5-11)13(16)12-3-1-2-10-20(12,17)18/h11-12H,1-10,14H2. The summed E-state index contributed by atoms with van der Waals surface area (Å²) in [5, 5.41) is -0.808. The fourth-order valence-corrected chi connectivity index (χ4v) is 4.79. The second kappa shape index (κ2) is 6.87. The Balaban J connectivity index is 1.88. The van der Waals surface area contributed by atoms with Crippen LogP contribution >= 0.6 is 0 Å². The number of hydrogen-bond donors (Lipinski definition) is 1. The van der Waals surface area contributed by atoms with Crippen LogP contribution in [0.2, 0.25) is 0 Å². The minimum absolute atomic E-state index is 0.144. The van der Waals surface area contributed by atoms with Crippen molar-refractivity contribution in [2.24, 2.45) is 5.73 Å². The van der Waals surface area contributed by atoms with Crippen LogP contribution in [0.5, 0.6) is 0 Å². The van der Waals surface area contributed by atoms with Crippen LogP contribution in [0.15, 0.2) is 0 Å². The van der Waals surface area contributed by atoms with E-state index in [2.05, 4.69) is 0 Å². The van der Waals surface area contributed by atoms with Crippen molar-refractivity contribution in [2.75, 3.05) is 32.0 Å². The van der Waals surface area contributed by atoms with Gasteiger partial charge in [0.05, 0.1) is 18.5 Å². The fraction of sp³-hybridized carbons (Fsp3) is 0.923. The van der Waals surface area contributed by atoms with Gasteiger partial charge in [0.25, 0.3) is 0 Å². The molecule has 2 aliphatic heterocycles. The molecule has 0 aliphatic carbocycles. The third kappa shape index (κ3) is 3.71. The Labute approximate surface area is 120 Å². The van der Waals surface area contributed by atoms with E-state index in [0.29, 0.717) is 39.1 Å². The number of carbonyl (C=O) groups is 1. The topological polar surface area (TPSA) is 89.7 Å². The molecule has 2 N–H and O–H groups in total. The molecule has 7 heteroatoms. The molecule has 0 aromatic rings. The van der Waals surface area contributed by atoms with Gasteiger partial charge in [-0.25, -0.2) is 8.42 Å². The quantitative estimate of drug-likeness (QED) is 0.784. The van der Waals surface area contributed by atoms with E-state index < -0.39 is 15.1 Å². The van der Waals surface area contributed by atoms with E-state index in [0.717, 1.165) is 19.3 Å². The molecule has 116 valence electrons. The molecule has 0 aromatic heterocycles. The second-order valence-electron chi connectivity index (χ2n) is 5.54. The van der Waals surface area contributed by atoms with Crippen molar-refractivity contribution in [3.05, 3.63) is 0 Å². The largest absolute Gasteiger partial charge is 0.377 e. The molecule has 2 fully saturated rings. The molecule has 1 unspecified atom stereocenters. The Kier molecular flexibility index (Phi) is 5.40. The van der Waals surface area contributed by atoms with E-state index in [1.807, 2.05) is 0 Å². The maximum Gasteiger partial charge on any atom is 0.240 e. The molecule has 0 bridgehead atoms. The highest BCUT2D eigenvalue weighted by molar-refractivity contribution is 7.92. The molecule has 2 rings (SSSR count). The van der Waals surface area contributed by atoms with Crippen LogP contribution in [-0.4, -0.2) is 62.6 Å². The van der Waals surface area contributed by atoms with Crippen LogP contribution in [-0.2, 0) is 19.4 Å². The molecular formula is C13H24N2O4S. The Bertz CT molecular complexity index is 430. The number of nitrogens with two attached hydrogens (primary N) is 1. The zero-order valence-electron chi connectivity index (χ0n) is 11.8. The molecule has 1 amide bonds. The highest BCUT2D eigenvalue weighted by Crippen LogP contribution is 2.23. The molecule has 0 spiro atoms. The van der Waals surface area contributed by atoms with Gasteiger partial charge in [-0.2, -0.15) is 0 Å². The summed E-state index contributed by atoms with van der Waals surface area (Å²) in [4.78, 5) is 14.1. The van der Waals surface area contributed by atoms with Crippen LogP contribution in [0.25, 0.3) is 0 Å². The maximum atomic E-state index is 12.4. The summed E-state index contributed by atoms with van der Waals surface area (Å²) < 4.78 is 29.5. The van der Waals surface area contributed by atoms with Crippen molar-refractivity contribution in [1.29, 1.82) is 0 Å². The van der Waals surface area contributed by atoms with Crippen LogP contribution in [0.4, 0.5) is 0 Å². The first-order valence-electron chi connectivity index (χ1n) is 7.36. The zero-order valence-corrected chi connectivity index (χ0v) is 12.6. The molecule has 0 aromatic carbocycles. The van der Waals surface area contributed by atoms with Gasteiger partial charge in [0.15, 0.2) is 9.84 Å². The third-order valence-electron chi connectivity index (χ3n) is 4.08. The molecule has 0 saturated carbocycles. The van der Waals surface area contributed by atoms with Gasteiger partial charge < -0.3 is 15.4 Å². The lowest BCUT2D eigenvalue weighted by molar-refractivity contribution is -0.133. The van der Waals surface area contributed by atoms with Gasteiger partial charge in [-0.15, -0.1) is 0 Å². The molecular weight excluding hydrogens is 280 g/mol. The molecule has 6 nitrogen and oxygen atoms in total. The monoisotopic (exact) mass is 304 g/mol. The highest BCUT2D eigenvalue weighted by atomic mass is 32.2. The highest BCUT2D eigenvalue weighted by Gasteiger charge is 2.38. The Morgan fingerprint density at radius 1 is 1.20 bits per heavy atom. The van der Waals surface area contributed by atoms with Crippen molar-refractivity contribution >= 4 is 15.7 Å². The van der Waals surface area contributed by atoms with Gasteiger partial charge in [-0.05, 0) is 25.7 Å². The van der Waals surface area contributed by atoms with Crippen molar-refractivity contribution in [1.82, 2.24) is 4.90 Å². The van der Waals surface area contributed by atoms with Crippen molar-refractivity contribution in [3.63, 3.8) is 0 Å². The number of nitrogens with zero attached hydrogens (tertiary/aromatic N) is 1. The Morgan fingerprint density at radius 3 is 2.50 bits per heavy atom. The SMILES string of the molecule is NCCOC1CCN(C(=O)C2CCCCS2(=O)=O)CC1. The number of likely N-dealkylation sites (tertiary alicyclic amines) is 1. The van der Waals surface area contributed by atoms with Crippen molar-refractivity contribution < 1.29 is 17.9 Å². The predicted molar refractivity (Wildman–Crippen MR) is 76.0 cm³/mol. The van der Waals surface area contributed by atoms with Crippen LogP contribution in [0.1, 0.15) is 32.1 Å². The minimum atomic E-state index is -3.24. The maximum absolute atomic E-state index is 12.4. The first kappa shape index (κ1) is 15.7. The van der Waals surface area contributed by atoms with Gasteiger partial charge in [-0.1, -0.05) is 6.42 Å². The Hall–Kier alpha value is -0.660. The number of amides is 1. The van der Waals surface area contributed by atoms with E-state index >= 15 is 0 Å². The summed E-state index contributed by atoms with van der Waals surface area (Å²) in [5.41, 5.74) is 5.39.